The van der Waals surface area contributed by atoms with Crippen LogP contribution in [-0.2, 0) is 0 Å². The van der Waals surface area contributed by atoms with E-state index in [0.29, 0.717) is 5.41 Å². The molecule has 0 radical (unpaired) electrons. The summed E-state index contributed by atoms with van der Waals surface area (Å²) in [5.41, 5.74) is 0.522. The third-order valence-electron chi connectivity index (χ3n) is 5.37. The standard InChI is InChI=1S/C17H33N.ClH/c1-17(2,3)15-9-11-16(12-10-15)18-13-14-7-5-4-6-8-14;/h14-16,18H,4-13H2,1-3H3;1H. The molecule has 0 heterocycles. The molecule has 2 rings (SSSR count). The smallest absolute Gasteiger partial charge is 0.00673 e. The van der Waals surface area contributed by atoms with Gasteiger partial charge in [0.05, 0.1) is 0 Å². The van der Waals surface area contributed by atoms with Gasteiger partial charge in [-0.3, -0.25) is 0 Å². The van der Waals surface area contributed by atoms with Gasteiger partial charge in [-0.25, -0.2) is 0 Å². The average molecular weight is 288 g/mol. The Hall–Kier alpha value is 0.250. The van der Waals surface area contributed by atoms with E-state index in [1.54, 1.807) is 0 Å². The molecule has 0 atom stereocenters. The molecule has 2 aliphatic rings. The molecule has 0 aromatic rings. The molecule has 0 aromatic heterocycles. The Bertz CT molecular complexity index is 232. The lowest BCUT2D eigenvalue weighted by atomic mass is 9.71. The zero-order valence-corrected chi connectivity index (χ0v) is 14.0. The number of halogens is 1. The average Bonchev–Trinajstić information content (AvgIpc) is 2.37. The van der Waals surface area contributed by atoms with Crippen LogP contribution >= 0.6 is 12.4 Å². The fourth-order valence-electron chi connectivity index (χ4n) is 3.89. The van der Waals surface area contributed by atoms with Crippen LogP contribution in [0.2, 0.25) is 0 Å². The molecule has 2 aliphatic carbocycles. The van der Waals surface area contributed by atoms with Crippen LogP contribution in [0.1, 0.15) is 78.6 Å². The van der Waals surface area contributed by atoms with E-state index < -0.39 is 0 Å². The molecule has 1 N–H and O–H groups in total. The Morgan fingerprint density at radius 3 is 1.95 bits per heavy atom. The molecule has 2 heteroatoms. The maximum Gasteiger partial charge on any atom is 0.00673 e. The van der Waals surface area contributed by atoms with Gasteiger partial charge in [-0.1, -0.05) is 40.0 Å². The molecule has 0 aromatic carbocycles. The van der Waals surface area contributed by atoms with Crippen LogP contribution in [0.5, 0.6) is 0 Å². The van der Waals surface area contributed by atoms with Crippen molar-refractivity contribution in [2.24, 2.45) is 17.3 Å². The second-order valence-corrected chi connectivity index (χ2v) is 7.83. The minimum atomic E-state index is 0. The summed E-state index contributed by atoms with van der Waals surface area (Å²) in [5.74, 6) is 1.93. The second-order valence-electron chi connectivity index (χ2n) is 7.83. The maximum absolute atomic E-state index is 3.86. The van der Waals surface area contributed by atoms with Crippen LogP contribution in [0.25, 0.3) is 0 Å². The SMILES string of the molecule is CC(C)(C)C1CCC(NCC2CCCCC2)CC1.Cl. The molecule has 114 valence electrons. The van der Waals surface area contributed by atoms with Gasteiger partial charge in [-0.2, -0.15) is 0 Å². The molecule has 19 heavy (non-hydrogen) atoms. The normalized spacial score (nSPS) is 29.8. The van der Waals surface area contributed by atoms with Gasteiger partial charge < -0.3 is 5.32 Å². The molecule has 0 amide bonds. The summed E-state index contributed by atoms with van der Waals surface area (Å²) < 4.78 is 0. The maximum atomic E-state index is 3.86. The van der Waals surface area contributed by atoms with E-state index in [0.717, 1.165) is 17.9 Å². The van der Waals surface area contributed by atoms with E-state index in [2.05, 4.69) is 26.1 Å². The Labute approximate surface area is 126 Å². The molecule has 0 unspecified atom stereocenters. The fourth-order valence-corrected chi connectivity index (χ4v) is 3.89. The first kappa shape index (κ1) is 17.3. The van der Waals surface area contributed by atoms with E-state index in [1.165, 1.54) is 64.3 Å². The van der Waals surface area contributed by atoms with Crippen molar-refractivity contribution in [3.8, 4) is 0 Å². The van der Waals surface area contributed by atoms with Crippen LogP contribution in [0.4, 0.5) is 0 Å². The van der Waals surface area contributed by atoms with Crippen LogP contribution < -0.4 is 5.32 Å². The van der Waals surface area contributed by atoms with Crippen molar-refractivity contribution < 1.29 is 0 Å². The van der Waals surface area contributed by atoms with Crippen molar-refractivity contribution in [3.05, 3.63) is 0 Å². The van der Waals surface area contributed by atoms with E-state index in [1.807, 2.05) is 0 Å². The second kappa shape index (κ2) is 7.88. The van der Waals surface area contributed by atoms with Crippen molar-refractivity contribution in [2.75, 3.05) is 6.54 Å². The monoisotopic (exact) mass is 287 g/mol. The third kappa shape index (κ3) is 5.63. The van der Waals surface area contributed by atoms with Crippen LogP contribution in [0.3, 0.4) is 0 Å². The number of hydrogen-bond acceptors (Lipinski definition) is 1. The lowest BCUT2D eigenvalue weighted by molar-refractivity contribution is 0.157. The van der Waals surface area contributed by atoms with E-state index in [4.69, 9.17) is 0 Å². The summed E-state index contributed by atoms with van der Waals surface area (Å²) in [6.07, 6.45) is 13.1. The predicted molar refractivity (Wildman–Crippen MR) is 87.0 cm³/mol. The first-order valence-electron chi connectivity index (χ1n) is 8.29. The topological polar surface area (TPSA) is 12.0 Å². The van der Waals surface area contributed by atoms with Crippen molar-refractivity contribution in [1.82, 2.24) is 5.32 Å². The predicted octanol–water partition coefficient (Wildman–Crippen LogP) is 5.18. The number of rotatable bonds is 3. The van der Waals surface area contributed by atoms with Crippen molar-refractivity contribution in [1.29, 1.82) is 0 Å². The highest BCUT2D eigenvalue weighted by Gasteiger charge is 2.29. The van der Waals surface area contributed by atoms with Crippen LogP contribution in [0, 0.1) is 17.3 Å². The number of nitrogens with one attached hydrogen (secondary N) is 1. The minimum Gasteiger partial charge on any atom is -0.314 e. The summed E-state index contributed by atoms with van der Waals surface area (Å²) in [5, 5.41) is 3.86. The highest BCUT2D eigenvalue weighted by atomic mass is 35.5. The molecule has 0 saturated heterocycles. The first-order chi connectivity index (χ1) is 8.55. The summed E-state index contributed by atoms with van der Waals surface area (Å²) in [4.78, 5) is 0. The number of hydrogen-bond donors (Lipinski definition) is 1. The lowest BCUT2D eigenvalue weighted by Crippen LogP contribution is -2.38. The summed E-state index contributed by atoms with van der Waals surface area (Å²) >= 11 is 0. The quantitative estimate of drug-likeness (QED) is 0.754. The third-order valence-corrected chi connectivity index (χ3v) is 5.37. The molecule has 2 saturated carbocycles. The Morgan fingerprint density at radius 1 is 0.842 bits per heavy atom. The first-order valence-corrected chi connectivity index (χ1v) is 8.29. The van der Waals surface area contributed by atoms with Crippen LogP contribution in [-0.4, -0.2) is 12.6 Å². The highest BCUT2D eigenvalue weighted by Crippen LogP contribution is 2.37. The zero-order valence-electron chi connectivity index (χ0n) is 13.2. The van der Waals surface area contributed by atoms with Gasteiger partial charge in [0.1, 0.15) is 0 Å². The Balaban J connectivity index is 0.00000180. The highest BCUT2D eigenvalue weighted by molar-refractivity contribution is 5.85. The van der Waals surface area contributed by atoms with Crippen molar-refractivity contribution >= 4 is 12.4 Å². The van der Waals surface area contributed by atoms with Crippen molar-refractivity contribution in [2.45, 2.75) is 84.6 Å². The summed E-state index contributed by atoms with van der Waals surface area (Å²) in [6, 6.07) is 0.825. The van der Waals surface area contributed by atoms with Gasteiger partial charge in [-0.15, -0.1) is 12.4 Å². The van der Waals surface area contributed by atoms with Crippen molar-refractivity contribution in [3.63, 3.8) is 0 Å². The Morgan fingerprint density at radius 2 is 1.42 bits per heavy atom. The molecule has 0 aliphatic heterocycles. The van der Waals surface area contributed by atoms with Gasteiger partial charge in [-0.05, 0) is 62.3 Å². The molecule has 0 bridgehead atoms. The van der Waals surface area contributed by atoms with E-state index >= 15 is 0 Å². The summed E-state index contributed by atoms with van der Waals surface area (Å²) in [6.45, 7) is 8.53. The van der Waals surface area contributed by atoms with Gasteiger partial charge >= 0.3 is 0 Å². The van der Waals surface area contributed by atoms with Gasteiger partial charge in [0.15, 0.2) is 0 Å². The van der Waals surface area contributed by atoms with Crippen LogP contribution in [0.15, 0.2) is 0 Å². The Kier molecular flexibility index (Phi) is 7.18. The minimum absolute atomic E-state index is 0. The van der Waals surface area contributed by atoms with E-state index in [9.17, 15) is 0 Å². The largest absolute Gasteiger partial charge is 0.314 e. The van der Waals surface area contributed by atoms with Gasteiger partial charge in [0.25, 0.3) is 0 Å². The van der Waals surface area contributed by atoms with Gasteiger partial charge in [0.2, 0.25) is 0 Å². The zero-order chi connectivity index (χ0) is 13.0. The molecular formula is C17H34ClN. The molecular weight excluding hydrogens is 254 g/mol. The molecule has 0 spiro atoms. The fraction of sp³-hybridized carbons (Fsp3) is 1.00. The summed E-state index contributed by atoms with van der Waals surface area (Å²) in [7, 11) is 0. The molecule has 1 nitrogen and oxygen atoms in total. The molecule has 2 fully saturated rings. The van der Waals surface area contributed by atoms with Gasteiger partial charge in [0, 0.05) is 6.04 Å². The van der Waals surface area contributed by atoms with E-state index in [-0.39, 0.29) is 12.4 Å². The lowest BCUT2D eigenvalue weighted by Gasteiger charge is -2.37.